The number of rotatable bonds is 5. The number of hydrogen-bond acceptors (Lipinski definition) is 7. The molecule has 0 aliphatic rings. The van der Waals surface area contributed by atoms with Crippen LogP contribution < -0.4 is 4.74 Å². The Labute approximate surface area is 147 Å². The van der Waals surface area contributed by atoms with E-state index in [1.807, 2.05) is 17.5 Å². The highest BCUT2D eigenvalue weighted by Crippen LogP contribution is 2.28. The summed E-state index contributed by atoms with van der Waals surface area (Å²) in [6.07, 6.45) is -0.706. The van der Waals surface area contributed by atoms with Gasteiger partial charge in [-0.25, -0.2) is 4.79 Å². The Bertz CT molecular complexity index is 848. The van der Waals surface area contributed by atoms with E-state index in [1.54, 1.807) is 19.1 Å². The first-order valence-corrected chi connectivity index (χ1v) is 8.26. The van der Waals surface area contributed by atoms with E-state index >= 15 is 0 Å². The Balaban J connectivity index is 1.76. The second-order valence-corrected chi connectivity index (χ2v) is 6.20. The average molecular weight is 365 g/mol. The van der Waals surface area contributed by atoms with Gasteiger partial charge in [-0.2, -0.15) is 0 Å². The van der Waals surface area contributed by atoms with Crippen molar-refractivity contribution in [2.75, 3.05) is 7.11 Å². The van der Waals surface area contributed by atoms with E-state index in [1.165, 1.54) is 24.5 Å². The Hall–Kier alpha value is -2.38. The number of benzene rings is 1. The van der Waals surface area contributed by atoms with Crippen LogP contribution in [0.2, 0.25) is 5.02 Å². The van der Waals surface area contributed by atoms with Gasteiger partial charge in [-0.1, -0.05) is 17.7 Å². The number of halogens is 1. The van der Waals surface area contributed by atoms with Crippen LogP contribution in [-0.2, 0) is 4.74 Å². The van der Waals surface area contributed by atoms with Crippen molar-refractivity contribution in [2.24, 2.45) is 0 Å². The molecule has 24 heavy (non-hydrogen) atoms. The smallest absolute Gasteiger partial charge is 0.342 e. The molecule has 1 atom stereocenters. The summed E-state index contributed by atoms with van der Waals surface area (Å²) in [5.41, 5.74) is 0.231. The minimum absolute atomic E-state index is 0.216. The highest BCUT2D eigenvalue weighted by molar-refractivity contribution is 7.13. The summed E-state index contributed by atoms with van der Waals surface area (Å²) >= 11 is 7.41. The fourth-order valence-corrected chi connectivity index (χ4v) is 2.83. The van der Waals surface area contributed by atoms with Gasteiger partial charge in [0.2, 0.25) is 0 Å². The molecule has 0 amide bonds. The van der Waals surface area contributed by atoms with Crippen LogP contribution in [0.1, 0.15) is 29.3 Å². The number of carbonyl (C=O) groups is 1. The monoisotopic (exact) mass is 364 g/mol. The molecule has 0 spiro atoms. The molecule has 6 nitrogen and oxygen atoms in total. The zero-order valence-electron chi connectivity index (χ0n) is 12.9. The number of aromatic nitrogens is 2. The Morgan fingerprint density at radius 1 is 1.33 bits per heavy atom. The Morgan fingerprint density at radius 3 is 2.88 bits per heavy atom. The van der Waals surface area contributed by atoms with Crippen LogP contribution in [0.5, 0.6) is 5.75 Å². The molecule has 0 aliphatic carbocycles. The van der Waals surface area contributed by atoms with Gasteiger partial charge < -0.3 is 13.9 Å². The SMILES string of the molecule is COc1ccc(Cl)cc1C(=O)O[C@@H](C)c1nnc(-c2cccs2)o1. The number of hydrogen-bond donors (Lipinski definition) is 0. The van der Waals surface area contributed by atoms with Crippen molar-refractivity contribution in [3.05, 3.63) is 52.2 Å². The fourth-order valence-electron chi connectivity index (χ4n) is 2.01. The zero-order valence-corrected chi connectivity index (χ0v) is 14.4. The molecule has 3 aromatic rings. The van der Waals surface area contributed by atoms with Crippen molar-refractivity contribution < 1.29 is 18.7 Å². The van der Waals surface area contributed by atoms with Crippen LogP contribution >= 0.6 is 22.9 Å². The summed E-state index contributed by atoms with van der Waals surface area (Å²) in [6, 6.07) is 8.48. The molecule has 0 bridgehead atoms. The summed E-state index contributed by atoms with van der Waals surface area (Å²) < 4.78 is 16.1. The molecule has 0 aliphatic heterocycles. The fraction of sp³-hybridized carbons (Fsp3) is 0.188. The second-order valence-electron chi connectivity index (χ2n) is 4.81. The minimum Gasteiger partial charge on any atom is -0.496 e. The van der Waals surface area contributed by atoms with Crippen LogP contribution in [0.3, 0.4) is 0 Å². The van der Waals surface area contributed by atoms with Gasteiger partial charge in [0.1, 0.15) is 11.3 Å². The summed E-state index contributed by atoms with van der Waals surface area (Å²) in [4.78, 5) is 13.2. The predicted octanol–water partition coefficient (Wildman–Crippen LogP) is 4.38. The number of carbonyl (C=O) groups excluding carboxylic acids is 1. The third-order valence-electron chi connectivity index (χ3n) is 3.19. The molecule has 124 valence electrons. The number of ether oxygens (including phenoxy) is 2. The van der Waals surface area contributed by atoms with Crippen molar-refractivity contribution in [2.45, 2.75) is 13.0 Å². The highest BCUT2D eigenvalue weighted by atomic mass is 35.5. The molecule has 0 saturated carbocycles. The van der Waals surface area contributed by atoms with Crippen LogP contribution in [0.25, 0.3) is 10.8 Å². The van der Waals surface area contributed by atoms with E-state index in [0.29, 0.717) is 16.7 Å². The summed E-state index contributed by atoms with van der Waals surface area (Å²) in [5.74, 6) is 0.398. The lowest BCUT2D eigenvalue weighted by molar-refractivity contribution is 0.0276. The molecule has 2 aromatic heterocycles. The van der Waals surface area contributed by atoms with Crippen LogP contribution in [0.15, 0.2) is 40.1 Å². The minimum atomic E-state index is -0.706. The van der Waals surface area contributed by atoms with Crippen molar-refractivity contribution >= 4 is 28.9 Å². The molecule has 2 heterocycles. The predicted molar refractivity (Wildman–Crippen MR) is 89.4 cm³/mol. The van der Waals surface area contributed by atoms with Crippen molar-refractivity contribution in [3.8, 4) is 16.5 Å². The van der Waals surface area contributed by atoms with E-state index in [9.17, 15) is 4.79 Å². The molecule has 0 radical (unpaired) electrons. The third-order valence-corrected chi connectivity index (χ3v) is 4.28. The summed E-state index contributed by atoms with van der Waals surface area (Å²) in [7, 11) is 1.47. The lowest BCUT2D eigenvalue weighted by atomic mass is 10.2. The normalized spacial score (nSPS) is 12.0. The maximum atomic E-state index is 12.3. The Kier molecular flexibility index (Phi) is 4.82. The zero-order chi connectivity index (χ0) is 17.1. The van der Waals surface area contributed by atoms with E-state index in [0.717, 1.165) is 4.88 Å². The standard InChI is InChI=1S/C16H13ClN2O4S/c1-9(14-18-19-15(23-14)13-4-3-7-24-13)22-16(20)11-8-10(17)5-6-12(11)21-2/h3-9H,1-2H3/t9-/m0/s1. The van der Waals surface area contributed by atoms with E-state index in [2.05, 4.69) is 10.2 Å². The molecule has 1 aromatic carbocycles. The lowest BCUT2D eigenvalue weighted by Gasteiger charge is -2.12. The number of esters is 1. The second kappa shape index (κ2) is 7.02. The van der Waals surface area contributed by atoms with Gasteiger partial charge in [0, 0.05) is 5.02 Å². The van der Waals surface area contributed by atoms with E-state index < -0.39 is 12.1 Å². The van der Waals surface area contributed by atoms with Gasteiger partial charge in [0.25, 0.3) is 11.8 Å². The quantitative estimate of drug-likeness (QED) is 0.625. The first-order valence-electron chi connectivity index (χ1n) is 7.00. The first kappa shape index (κ1) is 16.5. The van der Waals surface area contributed by atoms with Crippen LogP contribution in [0.4, 0.5) is 0 Å². The Morgan fingerprint density at radius 2 is 2.17 bits per heavy atom. The molecule has 0 unspecified atom stereocenters. The molecular weight excluding hydrogens is 352 g/mol. The summed E-state index contributed by atoms with van der Waals surface area (Å²) in [6.45, 7) is 1.65. The van der Waals surface area contributed by atoms with Gasteiger partial charge in [0.15, 0.2) is 6.10 Å². The molecule has 8 heteroatoms. The van der Waals surface area contributed by atoms with Gasteiger partial charge in [0.05, 0.1) is 12.0 Å². The lowest BCUT2D eigenvalue weighted by Crippen LogP contribution is -2.11. The number of methoxy groups -OCH3 is 1. The average Bonchev–Trinajstić information content (AvgIpc) is 3.25. The maximum Gasteiger partial charge on any atom is 0.342 e. The third kappa shape index (κ3) is 3.42. The summed E-state index contributed by atoms with van der Waals surface area (Å²) in [5, 5.41) is 10.2. The molecule has 3 rings (SSSR count). The number of nitrogens with zero attached hydrogens (tertiary/aromatic N) is 2. The van der Waals surface area contributed by atoms with Gasteiger partial charge in [-0.3, -0.25) is 0 Å². The molecule has 0 saturated heterocycles. The van der Waals surface area contributed by atoms with Crippen molar-refractivity contribution in [3.63, 3.8) is 0 Å². The van der Waals surface area contributed by atoms with Gasteiger partial charge in [-0.05, 0) is 36.6 Å². The maximum absolute atomic E-state index is 12.3. The van der Waals surface area contributed by atoms with Crippen LogP contribution in [-0.4, -0.2) is 23.3 Å². The molecular formula is C16H13ClN2O4S. The first-order chi connectivity index (χ1) is 11.6. The van der Waals surface area contributed by atoms with E-state index in [-0.39, 0.29) is 11.5 Å². The largest absolute Gasteiger partial charge is 0.496 e. The molecule has 0 N–H and O–H groups in total. The van der Waals surface area contributed by atoms with Crippen LogP contribution in [0, 0.1) is 0 Å². The number of thiophene rings is 1. The van der Waals surface area contributed by atoms with Crippen molar-refractivity contribution in [1.29, 1.82) is 0 Å². The van der Waals surface area contributed by atoms with Crippen molar-refractivity contribution in [1.82, 2.24) is 10.2 Å². The molecule has 0 fully saturated rings. The van der Waals surface area contributed by atoms with Gasteiger partial charge >= 0.3 is 5.97 Å². The van der Waals surface area contributed by atoms with E-state index in [4.69, 9.17) is 25.5 Å². The topological polar surface area (TPSA) is 74.5 Å². The van der Waals surface area contributed by atoms with Gasteiger partial charge in [-0.15, -0.1) is 21.5 Å². The highest BCUT2D eigenvalue weighted by Gasteiger charge is 2.22.